The van der Waals surface area contributed by atoms with Crippen molar-refractivity contribution in [2.24, 2.45) is 0 Å². The number of anilines is 1. The summed E-state index contributed by atoms with van der Waals surface area (Å²) in [6, 6.07) is 5.81. The molecule has 0 saturated carbocycles. The minimum atomic E-state index is -1.19. The van der Waals surface area contributed by atoms with Gasteiger partial charge in [-0.05, 0) is 18.2 Å². The number of halogens is 1. The number of ether oxygens (including phenoxy) is 1. The first kappa shape index (κ1) is 14.8. The molecule has 1 amide bonds. The van der Waals surface area contributed by atoms with Gasteiger partial charge < -0.3 is 15.2 Å². The Morgan fingerprint density at radius 2 is 2.05 bits per heavy atom. The lowest BCUT2D eigenvalue weighted by atomic mass is 10.1. The Balaban J connectivity index is 2.38. The van der Waals surface area contributed by atoms with Gasteiger partial charge in [0.15, 0.2) is 0 Å². The molecule has 2 aromatic rings. The van der Waals surface area contributed by atoms with E-state index in [1.165, 1.54) is 43.8 Å². The van der Waals surface area contributed by atoms with Gasteiger partial charge >= 0.3 is 5.97 Å². The molecule has 1 aromatic carbocycles. The summed E-state index contributed by atoms with van der Waals surface area (Å²) in [4.78, 5) is 27.3. The molecular weight excluding hydrogens is 296 g/mol. The van der Waals surface area contributed by atoms with Crippen molar-refractivity contribution in [3.8, 4) is 5.75 Å². The first-order valence-corrected chi connectivity index (χ1v) is 6.23. The van der Waals surface area contributed by atoms with Crippen LogP contribution in [0.4, 0.5) is 5.69 Å². The number of carboxylic acids is 1. The summed E-state index contributed by atoms with van der Waals surface area (Å²) < 4.78 is 5.04. The highest BCUT2D eigenvalue weighted by Gasteiger charge is 2.18. The van der Waals surface area contributed by atoms with Gasteiger partial charge in [-0.1, -0.05) is 17.7 Å². The zero-order valence-corrected chi connectivity index (χ0v) is 11.7. The Hall–Kier alpha value is -2.60. The number of nitrogens with zero attached hydrogens (tertiary/aromatic N) is 1. The number of methoxy groups -OCH3 is 1. The standard InChI is InChI=1S/C14H11ClN2O4/c1-21-11-7-16-6-5-8(11)13(18)17-12-9(14(19)20)3-2-4-10(12)15/h2-7H,1H3,(H,17,18)(H,19,20). The molecular formula is C14H11ClN2O4. The smallest absolute Gasteiger partial charge is 0.337 e. The molecule has 108 valence electrons. The average Bonchev–Trinajstić information content (AvgIpc) is 2.48. The first-order valence-electron chi connectivity index (χ1n) is 5.85. The lowest BCUT2D eigenvalue weighted by Gasteiger charge is -2.12. The highest BCUT2D eigenvalue weighted by molar-refractivity contribution is 6.35. The van der Waals surface area contributed by atoms with Crippen molar-refractivity contribution in [1.29, 1.82) is 0 Å². The minimum Gasteiger partial charge on any atom is -0.494 e. The molecule has 0 atom stereocenters. The van der Waals surface area contributed by atoms with Crippen molar-refractivity contribution in [2.45, 2.75) is 0 Å². The molecule has 21 heavy (non-hydrogen) atoms. The van der Waals surface area contributed by atoms with Gasteiger partial charge in [-0.2, -0.15) is 0 Å². The molecule has 0 aliphatic heterocycles. The maximum absolute atomic E-state index is 12.3. The number of carboxylic acid groups (broad SMARTS) is 1. The second-order valence-corrected chi connectivity index (χ2v) is 4.40. The van der Waals surface area contributed by atoms with E-state index in [9.17, 15) is 9.59 Å². The first-order chi connectivity index (χ1) is 10.0. The lowest BCUT2D eigenvalue weighted by Crippen LogP contribution is -2.16. The van der Waals surface area contributed by atoms with Crippen molar-refractivity contribution >= 4 is 29.2 Å². The summed E-state index contributed by atoms with van der Waals surface area (Å²) in [7, 11) is 1.41. The topological polar surface area (TPSA) is 88.5 Å². The van der Waals surface area contributed by atoms with Crippen LogP contribution in [-0.2, 0) is 0 Å². The Kier molecular flexibility index (Phi) is 4.39. The maximum Gasteiger partial charge on any atom is 0.337 e. The Morgan fingerprint density at radius 3 is 2.71 bits per heavy atom. The zero-order valence-electron chi connectivity index (χ0n) is 11.0. The summed E-state index contributed by atoms with van der Waals surface area (Å²) in [5, 5.41) is 11.8. The van der Waals surface area contributed by atoms with E-state index >= 15 is 0 Å². The molecule has 0 radical (unpaired) electrons. The van der Waals surface area contributed by atoms with Gasteiger partial charge in [-0.3, -0.25) is 9.78 Å². The number of hydrogen-bond acceptors (Lipinski definition) is 4. The number of aromatic carboxylic acids is 1. The largest absolute Gasteiger partial charge is 0.494 e. The number of amides is 1. The minimum absolute atomic E-state index is 0.0375. The van der Waals surface area contributed by atoms with Gasteiger partial charge in [0.05, 0.1) is 35.1 Å². The van der Waals surface area contributed by atoms with Crippen LogP contribution < -0.4 is 10.1 Å². The molecule has 0 unspecified atom stereocenters. The molecule has 0 aliphatic rings. The van der Waals surface area contributed by atoms with Crippen LogP contribution in [0.5, 0.6) is 5.75 Å². The quantitative estimate of drug-likeness (QED) is 0.906. The predicted molar refractivity (Wildman–Crippen MR) is 77.2 cm³/mol. The fourth-order valence-corrected chi connectivity index (χ4v) is 1.96. The van der Waals surface area contributed by atoms with Crippen LogP contribution in [0.1, 0.15) is 20.7 Å². The number of hydrogen-bond donors (Lipinski definition) is 2. The van der Waals surface area contributed by atoms with Crippen LogP contribution in [0, 0.1) is 0 Å². The molecule has 2 rings (SSSR count). The van der Waals surface area contributed by atoms with E-state index in [1.54, 1.807) is 0 Å². The zero-order chi connectivity index (χ0) is 15.4. The molecule has 7 heteroatoms. The Morgan fingerprint density at radius 1 is 1.29 bits per heavy atom. The molecule has 1 aromatic heterocycles. The third-order valence-electron chi connectivity index (χ3n) is 2.73. The van der Waals surface area contributed by atoms with Gasteiger partial charge in [0, 0.05) is 6.20 Å². The highest BCUT2D eigenvalue weighted by atomic mass is 35.5. The second-order valence-electron chi connectivity index (χ2n) is 4.00. The van der Waals surface area contributed by atoms with Gasteiger partial charge in [0.1, 0.15) is 5.75 Å². The number of carbonyl (C=O) groups excluding carboxylic acids is 1. The monoisotopic (exact) mass is 306 g/mol. The molecule has 0 spiro atoms. The Labute approximate surface area is 125 Å². The molecule has 0 saturated heterocycles. The number of rotatable bonds is 4. The van der Waals surface area contributed by atoms with Crippen molar-refractivity contribution in [2.75, 3.05) is 12.4 Å². The summed E-state index contributed by atoms with van der Waals surface area (Å²) in [6.07, 6.45) is 2.82. The van der Waals surface area contributed by atoms with E-state index < -0.39 is 11.9 Å². The number of para-hydroxylation sites is 1. The van der Waals surface area contributed by atoms with Crippen LogP contribution in [0.2, 0.25) is 5.02 Å². The normalized spacial score (nSPS) is 10.0. The number of carbonyl (C=O) groups is 2. The van der Waals surface area contributed by atoms with E-state index in [0.29, 0.717) is 0 Å². The third-order valence-corrected chi connectivity index (χ3v) is 3.05. The van der Waals surface area contributed by atoms with E-state index in [4.69, 9.17) is 21.4 Å². The van der Waals surface area contributed by atoms with Gasteiger partial charge in [-0.15, -0.1) is 0 Å². The second kappa shape index (κ2) is 6.23. The predicted octanol–water partition coefficient (Wildman–Crippen LogP) is 2.69. The summed E-state index contributed by atoms with van der Waals surface area (Å²) in [5.41, 5.74) is 0.170. The van der Waals surface area contributed by atoms with Crippen LogP contribution in [0.25, 0.3) is 0 Å². The molecule has 0 bridgehead atoms. The number of benzene rings is 1. The van der Waals surface area contributed by atoms with Gasteiger partial charge in [0.25, 0.3) is 5.91 Å². The van der Waals surface area contributed by atoms with Crippen LogP contribution in [0.3, 0.4) is 0 Å². The van der Waals surface area contributed by atoms with Crippen molar-refractivity contribution in [1.82, 2.24) is 4.98 Å². The molecule has 1 heterocycles. The fraction of sp³-hybridized carbons (Fsp3) is 0.0714. The SMILES string of the molecule is COc1cnccc1C(=O)Nc1c(Cl)cccc1C(=O)O. The third kappa shape index (κ3) is 3.11. The summed E-state index contributed by atoms with van der Waals surface area (Å²) in [5.74, 6) is -1.45. The summed E-state index contributed by atoms with van der Waals surface area (Å²) >= 11 is 5.96. The van der Waals surface area contributed by atoms with Crippen LogP contribution in [0.15, 0.2) is 36.7 Å². The van der Waals surface area contributed by atoms with Gasteiger partial charge in [0.2, 0.25) is 0 Å². The Bertz CT molecular complexity index is 703. The maximum atomic E-state index is 12.3. The number of pyridine rings is 1. The lowest BCUT2D eigenvalue weighted by molar-refractivity contribution is 0.0698. The van der Waals surface area contributed by atoms with Gasteiger partial charge in [-0.25, -0.2) is 4.79 Å². The van der Waals surface area contributed by atoms with Crippen LogP contribution >= 0.6 is 11.6 Å². The number of aromatic nitrogens is 1. The van der Waals surface area contributed by atoms with Crippen molar-refractivity contribution in [3.05, 3.63) is 52.8 Å². The van der Waals surface area contributed by atoms with E-state index in [2.05, 4.69) is 10.3 Å². The fourth-order valence-electron chi connectivity index (χ4n) is 1.74. The molecule has 2 N–H and O–H groups in total. The number of nitrogens with one attached hydrogen (secondary N) is 1. The molecule has 0 fully saturated rings. The average molecular weight is 307 g/mol. The van der Waals surface area contributed by atoms with Crippen molar-refractivity contribution in [3.63, 3.8) is 0 Å². The summed E-state index contributed by atoms with van der Waals surface area (Å²) in [6.45, 7) is 0. The molecule has 0 aliphatic carbocycles. The van der Waals surface area contributed by atoms with Crippen molar-refractivity contribution < 1.29 is 19.4 Å². The van der Waals surface area contributed by atoms with E-state index in [1.807, 2.05) is 0 Å². The van der Waals surface area contributed by atoms with Crippen LogP contribution in [-0.4, -0.2) is 29.1 Å². The van der Waals surface area contributed by atoms with E-state index in [-0.39, 0.29) is 27.6 Å². The molecule has 6 nitrogen and oxygen atoms in total. The highest BCUT2D eigenvalue weighted by Crippen LogP contribution is 2.27. The van der Waals surface area contributed by atoms with E-state index in [0.717, 1.165) is 0 Å².